The average molecular weight is 304 g/mol. The first-order chi connectivity index (χ1) is 7.95. The van der Waals surface area contributed by atoms with Gasteiger partial charge in [-0.05, 0) is 34.1 Å². The summed E-state index contributed by atoms with van der Waals surface area (Å²) >= 11 is 3.05. The first-order valence-corrected chi connectivity index (χ1v) is 5.38. The Labute approximate surface area is 105 Å². The van der Waals surface area contributed by atoms with Gasteiger partial charge < -0.3 is 20.6 Å². The SMILES string of the molecule is O=C(N[C@@H](CO)C(=O)O)c1ccc(Br)c(O)c1. The molecule has 0 aliphatic rings. The van der Waals surface area contributed by atoms with E-state index in [1.54, 1.807) is 0 Å². The lowest BCUT2D eigenvalue weighted by Crippen LogP contribution is -2.43. The van der Waals surface area contributed by atoms with Crippen molar-refractivity contribution in [2.45, 2.75) is 6.04 Å². The number of hydrogen-bond donors (Lipinski definition) is 4. The van der Waals surface area contributed by atoms with Gasteiger partial charge in [0.1, 0.15) is 5.75 Å². The fourth-order valence-corrected chi connectivity index (χ4v) is 1.33. The molecule has 1 atom stereocenters. The zero-order chi connectivity index (χ0) is 13.0. The van der Waals surface area contributed by atoms with Crippen LogP contribution in [-0.4, -0.2) is 39.8 Å². The van der Waals surface area contributed by atoms with Crippen molar-refractivity contribution in [3.8, 4) is 5.75 Å². The highest BCUT2D eigenvalue weighted by atomic mass is 79.9. The molecule has 1 aromatic rings. The molecule has 0 unspecified atom stereocenters. The van der Waals surface area contributed by atoms with Crippen LogP contribution in [0.4, 0.5) is 0 Å². The molecule has 0 saturated heterocycles. The molecule has 92 valence electrons. The third-order valence-corrected chi connectivity index (χ3v) is 2.66. The molecule has 0 spiro atoms. The topological polar surface area (TPSA) is 107 Å². The van der Waals surface area contributed by atoms with Crippen molar-refractivity contribution in [2.75, 3.05) is 6.61 Å². The molecular weight excluding hydrogens is 294 g/mol. The van der Waals surface area contributed by atoms with Crippen LogP contribution in [0.5, 0.6) is 5.75 Å². The molecule has 6 nitrogen and oxygen atoms in total. The van der Waals surface area contributed by atoms with E-state index >= 15 is 0 Å². The summed E-state index contributed by atoms with van der Waals surface area (Å²) in [5.41, 5.74) is 0.102. The molecule has 0 aliphatic heterocycles. The molecule has 0 radical (unpaired) electrons. The van der Waals surface area contributed by atoms with Crippen molar-refractivity contribution in [3.63, 3.8) is 0 Å². The number of carbonyl (C=O) groups is 2. The normalized spacial score (nSPS) is 11.9. The van der Waals surface area contributed by atoms with E-state index in [0.29, 0.717) is 4.47 Å². The van der Waals surface area contributed by atoms with E-state index in [1.165, 1.54) is 18.2 Å². The summed E-state index contributed by atoms with van der Waals surface area (Å²) in [6.07, 6.45) is 0. The molecule has 0 heterocycles. The molecule has 0 fully saturated rings. The Hall–Kier alpha value is -1.60. The highest BCUT2D eigenvalue weighted by Gasteiger charge is 2.19. The second kappa shape index (κ2) is 5.65. The van der Waals surface area contributed by atoms with Gasteiger partial charge in [0.2, 0.25) is 0 Å². The predicted octanol–water partition coefficient (Wildman–Crippen LogP) is 0.330. The quantitative estimate of drug-likeness (QED) is 0.641. The monoisotopic (exact) mass is 303 g/mol. The third-order valence-electron chi connectivity index (χ3n) is 1.99. The summed E-state index contributed by atoms with van der Waals surface area (Å²) in [7, 11) is 0. The molecule has 4 N–H and O–H groups in total. The maximum absolute atomic E-state index is 11.6. The second-order valence-corrected chi connectivity index (χ2v) is 4.07. The van der Waals surface area contributed by atoms with Crippen molar-refractivity contribution in [1.29, 1.82) is 0 Å². The van der Waals surface area contributed by atoms with Gasteiger partial charge in [0.05, 0.1) is 11.1 Å². The van der Waals surface area contributed by atoms with Gasteiger partial charge in [-0.2, -0.15) is 0 Å². The number of benzene rings is 1. The molecule has 1 aromatic carbocycles. The molecule has 0 aliphatic carbocycles. The fraction of sp³-hybridized carbons (Fsp3) is 0.200. The summed E-state index contributed by atoms with van der Waals surface area (Å²) in [6, 6.07) is 2.69. The number of aromatic hydroxyl groups is 1. The van der Waals surface area contributed by atoms with Gasteiger partial charge in [0.15, 0.2) is 6.04 Å². The molecule has 17 heavy (non-hydrogen) atoms. The second-order valence-electron chi connectivity index (χ2n) is 3.21. The van der Waals surface area contributed by atoms with Crippen LogP contribution in [0.25, 0.3) is 0 Å². The minimum atomic E-state index is -1.37. The number of carboxylic acids is 1. The van der Waals surface area contributed by atoms with Crippen LogP contribution in [0.15, 0.2) is 22.7 Å². The summed E-state index contributed by atoms with van der Waals surface area (Å²) in [5.74, 6) is -2.15. The van der Waals surface area contributed by atoms with Gasteiger partial charge in [0, 0.05) is 5.56 Å². The molecular formula is C10H10BrNO5. The van der Waals surface area contributed by atoms with E-state index in [0.717, 1.165) is 0 Å². The summed E-state index contributed by atoms with van der Waals surface area (Å²) in [6.45, 7) is -0.705. The maximum atomic E-state index is 11.6. The number of hydrogen-bond acceptors (Lipinski definition) is 4. The largest absolute Gasteiger partial charge is 0.507 e. The summed E-state index contributed by atoms with van der Waals surface area (Å²) < 4.78 is 0.422. The Morgan fingerprint density at radius 1 is 1.41 bits per heavy atom. The number of phenolic OH excluding ortho intramolecular Hbond substituents is 1. The highest BCUT2D eigenvalue weighted by molar-refractivity contribution is 9.10. The van der Waals surface area contributed by atoms with Gasteiger partial charge in [0.25, 0.3) is 5.91 Å². The third kappa shape index (κ3) is 3.43. The minimum absolute atomic E-state index is 0.102. The number of rotatable bonds is 4. The average Bonchev–Trinajstić information content (AvgIpc) is 2.28. The Kier molecular flexibility index (Phi) is 4.47. The molecule has 0 aromatic heterocycles. The van der Waals surface area contributed by atoms with Gasteiger partial charge in [-0.1, -0.05) is 0 Å². The molecule has 0 saturated carbocycles. The van der Waals surface area contributed by atoms with Gasteiger partial charge in [-0.3, -0.25) is 4.79 Å². The van der Waals surface area contributed by atoms with Crippen LogP contribution in [-0.2, 0) is 4.79 Å². The van der Waals surface area contributed by atoms with Crippen LogP contribution in [0.2, 0.25) is 0 Å². The number of halogens is 1. The van der Waals surface area contributed by atoms with Gasteiger partial charge in [-0.25, -0.2) is 4.79 Å². The zero-order valence-electron chi connectivity index (χ0n) is 8.55. The number of carbonyl (C=O) groups excluding carboxylic acids is 1. The summed E-state index contributed by atoms with van der Waals surface area (Å²) in [4.78, 5) is 22.2. The Bertz CT molecular complexity index is 448. The van der Waals surface area contributed by atoms with E-state index in [1.807, 2.05) is 0 Å². The van der Waals surface area contributed by atoms with E-state index in [-0.39, 0.29) is 11.3 Å². The molecule has 0 bridgehead atoms. The lowest BCUT2D eigenvalue weighted by molar-refractivity contribution is -0.140. The van der Waals surface area contributed by atoms with Gasteiger partial charge >= 0.3 is 5.97 Å². The number of amides is 1. The lowest BCUT2D eigenvalue weighted by atomic mass is 10.2. The van der Waals surface area contributed by atoms with Crippen LogP contribution in [0.1, 0.15) is 10.4 Å². The van der Waals surface area contributed by atoms with Crippen molar-refractivity contribution < 1.29 is 24.9 Å². The van der Waals surface area contributed by atoms with Crippen LogP contribution in [0, 0.1) is 0 Å². The number of nitrogens with one attached hydrogen (secondary N) is 1. The van der Waals surface area contributed by atoms with Gasteiger partial charge in [-0.15, -0.1) is 0 Å². The smallest absolute Gasteiger partial charge is 0.328 e. The number of aliphatic hydroxyl groups excluding tert-OH is 1. The Balaban J connectivity index is 2.82. The van der Waals surface area contributed by atoms with Crippen LogP contribution >= 0.6 is 15.9 Å². The molecule has 1 rings (SSSR count). The Morgan fingerprint density at radius 3 is 2.53 bits per heavy atom. The lowest BCUT2D eigenvalue weighted by Gasteiger charge is -2.11. The van der Waals surface area contributed by atoms with E-state index in [4.69, 9.17) is 10.2 Å². The van der Waals surface area contributed by atoms with Crippen molar-refractivity contribution >= 4 is 27.8 Å². The number of aliphatic hydroxyl groups is 1. The zero-order valence-corrected chi connectivity index (χ0v) is 10.1. The first-order valence-electron chi connectivity index (χ1n) is 4.58. The number of aliphatic carboxylic acids is 1. The molecule has 1 amide bonds. The minimum Gasteiger partial charge on any atom is -0.507 e. The van der Waals surface area contributed by atoms with Crippen molar-refractivity contribution in [2.24, 2.45) is 0 Å². The summed E-state index contributed by atoms with van der Waals surface area (Å²) in [5, 5.41) is 28.8. The Morgan fingerprint density at radius 2 is 2.06 bits per heavy atom. The van der Waals surface area contributed by atoms with Crippen LogP contribution < -0.4 is 5.32 Å². The first kappa shape index (κ1) is 13.5. The maximum Gasteiger partial charge on any atom is 0.328 e. The predicted molar refractivity (Wildman–Crippen MR) is 61.8 cm³/mol. The fourth-order valence-electron chi connectivity index (χ4n) is 1.08. The standard InChI is InChI=1S/C10H10BrNO5/c11-6-2-1-5(3-8(6)14)9(15)12-7(4-13)10(16)17/h1-3,7,13-14H,4H2,(H,12,15)(H,16,17)/t7-/m0/s1. The van der Waals surface area contributed by atoms with Crippen molar-refractivity contribution in [3.05, 3.63) is 28.2 Å². The van der Waals surface area contributed by atoms with E-state index < -0.39 is 24.5 Å². The number of phenols is 1. The van der Waals surface area contributed by atoms with E-state index in [2.05, 4.69) is 21.2 Å². The molecule has 7 heteroatoms. The highest BCUT2D eigenvalue weighted by Crippen LogP contribution is 2.24. The number of carboxylic acid groups (broad SMARTS) is 1. The van der Waals surface area contributed by atoms with Crippen molar-refractivity contribution in [1.82, 2.24) is 5.32 Å². The van der Waals surface area contributed by atoms with E-state index in [9.17, 15) is 14.7 Å². The van der Waals surface area contributed by atoms with Crippen LogP contribution in [0.3, 0.4) is 0 Å².